The lowest BCUT2D eigenvalue weighted by Crippen LogP contribution is -2.21. The maximum absolute atomic E-state index is 12.1. The smallest absolute Gasteiger partial charge is 0.374 e. The van der Waals surface area contributed by atoms with Crippen molar-refractivity contribution in [3.8, 4) is 0 Å². The van der Waals surface area contributed by atoms with Crippen molar-refractivity contribution in [1.82, 2.24) is 0 Å². The van der Waals surface area contributed by atoms with Crippen molar-refractivity contribution in [3.05, 3.63) is 75.1 Å². The quantitative estimate of drug-likeness (QED) is 0.675. The fourth-order valence-corrected chi connectivity index (χ4v) is 2.67. The van der Waals surface area contributed by atoms with Gasteiger partial charge < -0.3 is 14.5 Å². The number of fused-ring (bicyclic) bond motifs is 1. The average Bonchev–Trinajstić information content (AvgIpc) is 2.66. The van der Waals surface area contributed by atoms with E-state index >= 15 is 0 Å². The van der Waals surface area contributed by atoms with E-state index < -0.39 is 23.9 Å². The van der Waals surface area contributed by atoms with Crippen molar-refractivity contribution in [2.24, 2.45) is 0 Å². The number of carbonyl (C=O) groups excluding carboxylic acids is 2. The van der Waals surface area contributed by atoms with E-state index in [2.05, 4.69) is 5.32 Å². The maximum atomic E-state index is 12.1. The Morgan fingerprint density at radius 3 is 2.74 bits per heavy atom. The summed E-state index contributed by atoms with van der Waals surface area (Å²) in [5.41, 5.74) is 1.47. The van der Waals surface area contributed by atoms with Crippen LogP contribution in [0.25, 0.3) is 11.0 Å². The summed E-state index contributed by atoms with van der Waals surface area (Å²) in [7, 11) is 0. The molecule has 0 atom stereocenters. The van der Waals surface area contributed by atoms with Crippen molar-refractivity contribution in [2.45, 2.75) is 13.3 Å². The molecule has 1 N–H and O–H groups in total. The van der Waals surface area contributed by atoms with Gasteiger partial charge in [0.2, 0.25) is 5.76 Å². The maximum Gasteiger partial charge on any atom is 0.374 e. The standard InChI is InChI=1S/C20H16ClNO5/c1-2-12-4-3-5-14(8-12)22-19(24)11-26-20(25)18-10-16(23)15-9-13(21)6-7-17(15)27-18/h3-10H,2,11H2,1H3,(H,22,24). The molecule has 2 aromatic carbocycles. The van der Waals surface area contributed by atoms with E-state index in [0.29, 0.717) is 10.7 Å². The predicted octanol–water partition coefficient (Wildman–Crippen LogP) is 3.80. The summed E-state index contributed by atoms with van der Waals surface area (Å²) in [6.45, 7) is 1.51. The summed E-state index contributed by atoms with van der Waals surface area (Å²) < 4.78 is 10.3. The van der Waals surface area contributed by atoms with Crippen LogP contribution >= 0.6 is 11.6 Å². The number of amides is 1. The molecule has 6 nitrogen and oxygen atoms in total. The van der Waals surface area contributed by atoms with Gasteiger partial charge in [-0.1, -0.05) is 30.7 Å². The minimum atomic E-state index is -0.901. The first-order valence-electron chi connectivity index (χ1n) is 8.25. The highest BCUT2D eigenvalue weighted by Crippen LogP contribution is 2.18. The van der Waals surface area contributed by atoms with Crippen LogP contribution in [-0.2, 0) is 16.0 Å². The Bertz CT molecular complexity index is 1070. The molecule has 0 aliphatic carbocycles. The number of esters is 1. The van der Waals surface area contributed by atoms with Crippen LogP contribution in [0.1, 0.15) is 23.0 Å². The Balaban J connectivity index is 1.66. The van der Waals surface area contributed by atoms with E-state index in [1.54, 1.807) is 12.1 Å². The van der Waals surface area contributed by atoms with Gasteiger partial charge in [-0.3, -0.25) is 9.59 Å². The third-order valence-electron chi connectivity index (χ3n) is 3.84. The lowest BCUT2D eigenvalue weighted by atomic mass is 10.1. The van der Waals surface area contributed by atoms with Gasteiger partial charge in [0, 0.05) is 16.8 Å². The normalized spacial score (nSPS) is 10.6. The molecule has 138 valence electrons. The fraction of sp³-hybridized carbons (Fsp3) is 0.150. The Hall–Kier alpha value is -3.12. The number of hydrogen-bond donors (Lipinski definition) is 1. The van der Waals surface area contributed by atoms with Crippen LogP contribution in [0.15, 0.2) is 57.7 Å². The summed E-state index contributed by atoms with van der Waals surface area (Å²) in [6, 6.07) is 12.9. The van der Waals surface area contributed by atoms with Gasteiger partial charge in [-0.2, -0.15) is 0 Å². The molecule has 0 saturated heterocycles. The van der Waals surface area contributed by atoms with Crippen molar-refractivity contribution in [2.75, 3.05) is 11.9 Å². The molecule has 0 unspecified atom stereocenters. The van der Waals surface area contributed by atoms with Crippen molar-refractivity contribution < 1.29 is 18.7 Å². The van der Waals surface area contributed by atoms with E-state index in [0.717, 1.165) is 18.1 Å². The van der Waals surface area contributed by atoms with Gasteiger partial charge in [0.05, 0.1) is 5.39 Å². The van der Waals surface area contributed by atoms with E-state index in [1.165, 1.54) is 12.1 Å². The van der Waals surface area contributed by atoms with Crippen LogP contribution in [0.2, 0.25) is 5.02 Å². The molecule has 1 heterocycles. The number of halogens is 1. The van der Waals surface area contributed by atoms with Crippen LogP contribution in [0.3, 0.4) is 0 Å². The zero-order chi connectivity index (χ0) is 19.4. The number of nitrogens with one attached hydrogen (secondary N) is 1. The highest BCUT2D eigenvalue weighted by molar-refractivity contribution is 6.31. The van der Waals surface area contributed by atoms with Crippen LogP contribution in [-0.4, -0.2) is 18.5 Å². The molecular formula is C20H16ClNO5. The number of aryl methyl sites for hydroxylation is 1. The minimum absolute atomic E-state index is 0.208. The molecule has 3 aromatic rings. The molecule has 0 aliphatic rings. The first-order chi connectivity index (χ1) is 13.0. The highest BCUT2D eigenvalue weighted by Gasteiger charge is 2.16. The number of benzene rings is 2. The second-order valence-electron chi connectivity index (χ2n) is 5.79. The SMILES string of the molecule is CCc1cccc(NC(=O)COC(=O)c2cc(=O)c3cc(Cl)ccc3o2)c1. The molecule has 0 bridgehead atoms. The Labute approximate surface area is 159 Å². The molecule has 7 heteroatoms. The van der Waals surface area contributed by atoms with Gasteiger partial charge in [-0.25, -0.2) is 4.79 Å². The third kappa shape index (κ3) is 4.54. The van der Waals surface area contributed by atoms with Gasteiger partial charge in [-0.15, -0.1) is 0 Å². The Kier molecular flexibility index (Phi) is 5.57. The summed E-state index contributed by atoms with van der Waals surface area (Å²) >= 11 is 5.85. The zero-order valence-electron chi connectivity index (χ0n) is 14.5. The largest absolute Gasteiger partial charge is 0.450 e. The molecule has 3 rings (SSSR count). The lowest BCUT2D eigenvalue weighted by Gasteiger charge is -2.08. The Morgan fingerprint density at radius 1 is 1.15 bits per heavy atom. The fourth-order valence-electron chi connectivity index (χ4n) is 2.50. The highest BCUT2D eigenvalue weighted by atomic mass is 35.5. The van der Waals surface area contributed by atoms with Gasteiger partial charge in [0.1, 0.15) is 5.58 Å². The molecular weight excluding hydrogens is 370 g/mol. The monoisotopic (exact) mass is 385 g/mol. The minimum Gasteiger partial charge on any atom is -0.450 e. The molecule has 27 heavy (non-hydrogen) atoms. The van der Waals surface area contributed by atoms with Crippen LogP contribution < -0.4 is 10.7 Å². The first-order valence-corrected chi connectivity index (χ1v) is 8.63. The van der Waals surface area contributed by atoms with Crippen molar-refractivity contribution in [1.29, 1.82) is 0 Å². The topological polar surface area (TPSA) is 85.6 Å². The van der Waals surface area contributed by atoms with Crippen molar-refractivity contribution in [3.63, 3.8) is 0 Å². The average molecular weight is 386 g/mol. The summed E-state index contributed by atoms with van der Waals surface area (Å²) in [5, 5.41) is 3.29. The second-order valence-corrected chi connectivity index (χ2v) is 6.23. The van der Waals surface area contributed by atoms with Crippen LogP contribution in [0.5, 0.6) is 0 Å². The molecule has 1 amide bonds. The molecule has 0 fully saturated rings. The second kappa shape index (κ2) is 8.05. The third-order valence-corrected chi connectivity index (χ3v) is 4.08. The van der Waals surface area contributed by atoms with E-state index in [-0.39, 0.29) is 16.7 Å². The number of rotatable bonds is 5. The number of carbonyl (C=O) groups is 2. The van der Waals surface area contributed by atoms with Crippen LogP contribution in [0.4, 0.5) is 5.69 Å². The zero-order valence-corrected chi connectivity index (χ0v) is 15.2. The number of hydrogen-bond acceptors (Lipinski definition) is 5. The van der Waals surface area contributed by atoms with Gasteiger partial charge in [0.25, 0.3) is 5.91 Å². The number of anilines is 1. The van der Waals surface area contributed by atoms with Crippen LogP contribution in [0, 0.1) is 0 Å². The first kappa shape index (κ1) is 18.7. The lowest BCUT2D eigenvalue weighted by molar-refractivity contribution is -0.119. The van der Waals surface area contributed by atoms with E-state index in [9.17, 15) is 14.4 Å². The van der Waals surface area contributed by atoms with Gasteiger partial charge >= 0.3 is 5.97 Å². The summed E-state index contributed by atoms with van der Waals surface area (Å²) in [4.78, 5) is 36.2. The van der Waals surface area contributed by atoms with Gasteiger partial charge in [0.15, 0.2) is 12.0 Å². The molecule has 1 aromatic heterocycles. The number of ether oxygens (including phenoxy) is 1. The van der Waals surface area contributed by atoms with E-state index in [4.69, 9.17) is 20.8 Å². The molecule has 0 aliphatic heterocycles. The molecule has 0 radical (unpaired) electrons. The Morgan fingerprint density at radius 2 is 1.96 bits per heavy atom. The molecule has 0 spiro atoms. The van der Waals surface area contributed by atoms with Crippen molar-refractivity contribution >= 4 is 40.1 Å². The van der Waals surface area contributed by atoms with Gasteiger partial charge in [-0.05, 0) is 42.3 Å². The van der Waals surface area contributed by atoms with E-state index in [1.807, 2.05) is 25.1 Å². The summed E-state index contributed by atoms with van der Waals surface area (Å²) in [6.07, 6.45) is 0.838. The summed E-state index contributed by atoms with van der Waals surface area (Å²) in [5.74, 6) is -1.68. The molecule has 0 saturated carbocycles. The predicted molar refractivity (Wildman–Crippen MR) is 102 cm³/mol.